The Hall–Kier alpha value is -1.30. The summed E-state index contributed by atoms with van der Waals surface area (Å²) in [6, 6.07) is 3.39. The van der Waals surface area contributed by atoms with Gasteiger partial charge in [0.05, 0.1) is 5.92 Å². The number of carbonyl (C=O) groups is 2. The van der Waals surface area contributed by atoms with E-state index >= 15 is 0 Å². The molecule has 0 aliphatic carbocycles. The molecule has 18 heavy (non-hydrogen) atoms. The van der Waals surface area contributed by atoms with Crippen LogP contribution in [0.4, 0.5) is 0 Å². The van der Waals surface area contributed by atoms with Crippen molar-refractivity contribution in [1.82, 2.24) is 4.90 Å². The lowest BCUT2D eigenvalue weighted by atomic mass is 9.93. The van der Waals surface area contributed by atoms with Crippen LogP contribution in [0.3, 0.4) is 0 Å². The monoisotopic (exact) mass is 314 g/mol. The fourth-order valence-electron chi connectivity index (χ4n) is 2.19. The molecule has 6 heteroatoms. The lowest BCUT2D eigenvalue weighted by Gasteiger charge is -2.36. The van der Waals surface area contributed by atoms with Crippen LogP contribution in [0.25, 0.3) is 0 Å². The van der Waals surface area contributed by atoms with Gasteiger partial charge in [-0.25, -0.2) is 0 Å². The summed E-state index contributed by atoms with van der Waals surface area (Å²) in [5.74, 6) is -0.526. The summed E-state index contributed by atoms with van der Waals surface area (Å²) in [6.45, 7) is 2.33. The number of piperidine rings is 1. The van der Waals surface area contributed by atoms with Crippen molar-refractivity contribution in [1.29, 1.82) is 0 Å². The number of hydrogen-bond donors (Lipinski definition) is 1. The summed E-state index contributed by atoms with van der Waals surface area (Å²) in [4.78, 5) is 25.1. The summed E-state index contributed by atoms with van der Waals surface area (Å²) in [5.41, 5.74) is 5.31. The predicted octanol–water partition coefficient (Wildman–Crippen LogP) is 1.77. The summed E-state index contributed by atoms with van der Waals surface area (Å²) in [6.07, 6.45) is 1.52. The molecule has 0 aromatic carbocycles. The first-order valence-corrected chi connectivity index (χ1v) is 6.64. The highest BCUT2D eigenvalue weighted by Gasteiger charge is 2.33. The van der Waals surface area contributed by atoms with Crippen LogP contribution < -0.4 is 5.73 Å². The second-order valence-electron chi connectivity index (χ2n) is 4.59. The third-order valence-corrected chi connectivity index (χ3v) is 3.76. The van der Waals surface area contributed by atoms with E-state index in [2.05, 4.69) is 15.9 Å². The molecule has 2 rings (SSSR count). The smallest absolute Gasteiger partial charge is 0.289 e. The number of hydrogen-bond acceptors (Lipinski definition) is 3. The van der Waals surface area contributed by atoms with Gasteiger partial charge in [0.15, 0.2) is 10.4 Å². The summed E-state index contributed by atoms with van der Waals surface area (Å²) >= 11 is 3.16. The topological polar surface area (TPSA) is 76.5 Å². The van der Waals surface area contributed by atoms with Gasteiger partial charge >= 0.3 is 0 Å². The van der Waals surface area contributed by atoms with Crippen LogP contribution in [0.2, 0.25) is 0 Å². The lowest BCUT2D eigenvalue weighted by molar-refractivity contribution is -0.123. The average molecular weight is 315 g/mol. The van der Waals surface area contributed by atoms with Gasteiger partial charge in [-0.05, 0) is 47.8 Å². The zero-order valence-corrected chi connectivity index (χ0v) is 11.6. The summed E-state index contributed by atoms with van der Waals surface area (Å²) < 4.78 is 5.77. The Kier molecular flexibility index (Phi) is 3.75. The van der Waals surface area contributed by atoms with Gasteiger partial charge < -0.3 is 15.1 Å². The van der Waals surface area contributed by atoms with E-state index in [-0.39, 0.29) is 29.5 Å². The molecule has 2 amide bonds. The maximum absolute atomic E-state index is 12.3. The first kappa shape index (κ1) is 13.1. The zero-order chi connectivity index (χ0) is 13.3. The van der Waals surface area contributed by atoms with E-state index in [1.54, 1.807) is 17.0 Å². The Labute approximate surface area is 113 Å². The Bertz CT molecular complexity index is 472. The number of likely N-dealkylation sites (tertiary alicyclic amines) is 1. The molecular formula is C12H15BrN2O3. The fraction of sp³-hybridized carbons (Fsp3) is 0.500. The van der Waals surface area contributed by atoms with Crippen molar-refractivity contribution in [3.05, 3.63) is 22.6 Å². The summed E-state index contributed by atoms with van der Waals surface area (Å²) in [7, 11) is 0. The van der Waals surface area contributed by atoms with Crippen molar-refractivity contribution >= 4 is 27.7 Å². The molecule has 1 aliphatic heterocycles. The van der Waals surface area contributed by atoms with Crippen molar-refractivity contribution in [3.8, 4) is 0 Å². The normalized spacial score (nSPS) is 24.0. The van der Waals surface area contributed by atoms with Gasteiger partial charge in [0, 0.05) is 12.6 Å². The van der Waals surface area contributed by atoms with E-state index < -0.39 is 0 Å². The van der Waals surface area contributed by atoms with Crippen LogP contribution in [-0.2, 0) is 4.79 Å². The molecule has 1 aromatic heterocycles. The second kappa shape index (κ2) is 5.14. The number of amides is 2. The number of primary amides is 1. The number of nitrogens with two attached hydrogens (primary N) is 1. The van der Waals surface area contributed by atoms with Gasteiger partial charge in [0.25, 0.3) is 5.91 Å². The highest BCUT2D eigenvalue weighted by Crippen LogP contribution is 2.24. The molecule has 1 fully saturated rings. The molecule has 98 valence electrons. The van der Waals surface area contributed by atoms with E-state index in [9.17, 15) is 9.59 Å². The van der Waals surface area contributed by atoms with Gasteiger partial charge in [-0.2, -0.15) is 0 Å². The van der Waals surface area contributed by atoms with Crippen molar-refractivity contribution < 1.29 is 14.0 Å². The van der Waals surface area contributed by atoms with E-state index in [1.807, 2.05) is 6.92 Å². The van der Waals surface area contributed by atoms with Crippen LogP contribution >= 0.6 is 15.9 Å². The number of nitrogens with zero attached hydrogens (tertiary/aromatic N) is 1. The summed E-state index contributed by atoms with van der Waals surface area (Å²) in [5, 5.41) is 0. The molecule has 1 aromatic rings. The molecule has 2 atom stereocenters. The standard InChI is InChI=1S/C12H15BrN2O3/c1-7-2-3-8(11(14)16)6-15(7)12(17)9-4-5-10(13)18-9/h4-5,7-8H,2-3,6H2,1H3,(H2,14,16)/t7-,8-/m1/s1. The molecule has 2 heterocycles. The minimum atomic E-state index is -0.347. The van der Waals surface area contributed by atoms with Crippen LogP contribution in [0.15, 0.2) is 21.2 Å². The van der Waals surface area contributed by atoms with Gasteiger partial charge in [-0.3, -0.25) is 9.59 Å². The number of rotatable bonds is 2. The van der Waals surface area contributed by atoms with Gasteiger partial charge in [0.2, 0.25) is 5.91 Å². The number of carbonyl (C=O) groups excluding carboxylic acids is 2. The highest BCUT2D eigenvalue weighted by molar-refractivity contribution is 9.10. The quantitative estimate of drug-likeness (QED) is 0.903. The van der Waals surface area contributed by atoms with Gasteiger partial charge in [0.1, 0.15) is 0 Å². The minimum Gasteiger partial charge on any atom is -0.444 e. The molecule has 0 unspecified atom stereocenters. The van der Waals surface area contributed by atoms with Crippen molar-refractivity contribution in [2.75, 3.05) is 6.54 Å². The fourth-order valence-corrected chi connectivity index (χ4v) is 2.50. The molecule has 0 radical (unpaired) electrons. The third kappa shape index (κ3) is 2.58. The molecule has 0 spiro atoms. The van der Waals surface area contributed by atoms with Crippen molar-refractivity contribution in [2.45, 2.75) is 25.8 Å². The Morgan fingerprint density at radius 1 is 1.44 bits per heavy atom. The van der Waals surface area contributed by atoms with E-state index in [4.69, 9.17) is 10.2 Å². The minimum absolute atomic E-state index is 0.0944. The Morgan fingerprint density at radius 3 is 2.72 bits per heavy atom. The average Bonchev–Trinajstić information content (AvgIpc) is 2.75. The molecule has 5 nitrogen and oxygen atoms in total. The van der Waals surface area contributed by atoms with Gasteiger partial charge in [-0.15, -0.1) is 0 Å². The zero-order valence-electron chi connectivity index (χ0n) is 10.1. The molecule has 2 N–H and O–H groups in total. The van der Waals surface area contributed by atoms with Gasteiger partial charge in [-0.1, -0.05) is 0 Å². The van der Waals surface area contributed by atoms with E-state index in [1.165, 1.54) is 0 Å². The van der Waals surface area contributed by atoms with Crippen molar-refractivity contribution in [2.24, 2.45) is 11.7 Å². The highest BCUT2D eigenvalue weighted by atomic mass is 79.9. The predicted molar refractivity (Wildman–Crippen MR) is 68.8 cm³/mol. The largest absolute Gasteiger partial charge is 0.444 e. The molecule has 1 aliphatic rings. The van der Waals surface area contributed by atoms with Crippen LogP contribution in [0.5, 0.6) is 0 Å². The lowest BCUT2D eigenvalue weighted by Crippen LogP contribution is -2.48. The Morgan fingerprint density at radius 2 is 2.17 bits per heavy atom. The molecular weight excluding hydrogens is 300 g/mol. The Balaban J connectivity index is 2.15. The van der Waals surface area contributed by atoms with Crippen LogP contribution in [-0.4, -0.2) is 29.3 Å². The van der Waals surface area contributed by atoms with E-state index in [0.29, 0.717) is 11.2 Å². The molecule has 1 saturated heterocycles. The van der Waals surface area contributed by atoms with E-state index in [0.717, 1.165) is 12.8 Å². The second-order valence-corrected chi connectivity index (χ2v) is 5.37. The number of halogens is 1. The van der Waals surface area contributed by atoms with Crippen molar-refractivity contribution in [3.63, 3.8) is 0 Å². The first-order chi connectivity index (χ1) is 8.49. The first-order valence-electron chi connectivity index (χ1n) is 5.84. The number of furan rings is 1. The maximum atomic E-state index is 12.3. The molecule has 0 bridgehead atoms. The SMILES string of the molecule is C[C@@H]1CC[C@@H](C(N)=O)CN1C(=O)c1ccc(Br)o1. The third-order valence-electron chi connectivity index (χ3n) is 3.33. The van der Waals surface area contributed by atoms with Crippen LogP contribution in [0, 0.1) is 5.92 Å². The van der Waals surface area contributed by atoms with Crippen LogP contribution in [0.1, 0.15) is 30.3 Å². The maximum Gasteiger partial charge on any atom is 0.289 e. The molecule has 0 saturated carbocycles.